The second-order valence-electron chi connectivity index (χ2n) is 5.67. The lowest BCUT2D eigenvalue weighted by atomic mass is 9.67. The summed E-state index contributed by atoms with van der Waals surface area (Å²) in [6.45, 7) is 10.7. The zero-order chi connectivity index (χ0) is 9.69. The molecule has 0 aromatic carbocycles. The van der Waals surface area contributed by atoms with Crippen molar-refractivity contribution in [2.45, 2.75) is 52.5 Å². The average molecular weight is 181 g/mol. The van der Waals surface area contributed by atoms with E-state index in [1.54, 1.807) is 0 Å². The SMILES string of the molecule is CCN[C@]12CC[C@H](C1)C(C)(C)C2C. The van der Waals surface area contributed by atoms with Gasteiger partial charge in [0, 0.05) is 5.54 Å². The van der Waals surface area contributed by atoms with Crippen molar-refractivity contribution >= 4 is 0 Å². The lowest BCUT2D eigenvalue weighted by Crippen LogP contribution is -2.49. The van der Waals surface area contributed by atoms with E-state index in [4.69, 9.17) is 0 Å². The molecule has 1 nitrogen and oxygen atoms in total. The molecule has 0 aromatic heterocycles. The first kappa shape index (κ1) is 9.51. The smallest absolute Gasteiger partial charge is 0.0215 e. The van der Waals surface area contributed by atoms with Gasteiger partial charge in [0.05, 0.1) is 0 Å². The van der Waals surface area contributed by atoms with Crippen molar-refractivity contribution in [2.24, 2.45) is 17.3 Å². The van der Waals surface area contributed by atoms with Crippen LogP contribution in [0.2, 0.25) is 0 Å². The molecular weight excluding hydrogens is 158 g/mol. The van der Waals surface area contributed by atoms with E-state index in [0.29, 0.717) is 11.0 Å². The first-order valence-electron chi connectivity index (χ1n) is 5.78. The minimum absolute atomic E-state index is 0.503. The first-order valence-corrected chi connectivity index (χ1v) is 5.78. The van der Waals surface area contributed by atoms with Crippen LogP contribution in [-0.2, 0) is 0 Å². The highest BCUT2D eigenvalue weighted by Gasteiger charge is 2.58. The number of hydrogen-bond acceptors (Lipinski definition) is 1. The lowest BCUT2D eigenvalue weighted by Gasteiger charge is -2.42. The molecule has 1 N–H and O–H groups in total. The van der Waals surface area contributed by atoms with Crippen molar-refractivity contribution in [3.05, 3.63) is 0 Å². The van der Waals surface area contributed by atoms with Gasteiger partial charge in [-0.05, 0) is 43.1 Å². The Morgan fingerprint density at radius 2 is 2.08 bits per heavy atom. The summed E-state index contributed by atoms with van der Waals surface area (Å²) in [5.41, 5.74) is 1.07. The van der Waals surface area contributed by atoms with E-state index in [1.165, 1.54) is 19.3 Å². The van der Waals surface area contributed by atoms with Gasteiger partial charge in [-0.2, -0.15) is 0 Å². The second kappa shape index (κ2) is 2.73. The molecule has 0 radical (unpaired) electrons. The quantitative estimate of drug-likeness (QED) is 0.690. The van der Waals surface area contributed by atoms with Crippen LogP contribution < -0.4 is 5.32 Å². The predicted molar refractivity (Wildman–Crippen MR) is 56.7 cm³/mol. The number of nitrogens with one attached hydrogen (secondary N) is 1. The summed E-state index contributed by atoms with van der Waals surface area (Å²) in [6.07, 6.45) is 4.29. The molecule has 1 unspecified atom stereocenters. The van der Waals surface area contributed by atoms with E-state index in [2.05, 4.69) is 33.0 Å². The molecule has 0 heterocycles. The van der Waals surface area contributed by atoms with Crippen molar-refractivity contribution in [3.63, 3.8) is 0 Å². The Balaban J connectivity index is 2.24. The van der Waals surface area contributed by atoms with Crippen molar-refractivity contribution in [2.75, 3.05) is 6.54 Å². The van der Waals surface area contributed by atoms with Crippen LogP contribution in [0.4, 0.5) is 0 Å². The van der Waals surface area contributed by atoms with Gasteiger partial charge in [-0.3, -0.25) is 0 Å². The van der Waals surface area contributed by atoms with E-state index < -0.39 is 0 Å². The zero-order valence-corrected chi connectivity index (χ0v) is 9.48. The summed E-state index contributed by atoms with van der Waals surface area (Å²) in [5.74, 6) is 1.82. The van der Waals surface area contributed by atoms with Gasteiger partial charge in [0.15, 0.2) is 0 Å². The van der Waals surface area contributed by atoms with Crippen LogP contribution in [0.1, 0.15) is 47.0 Å². The maximum Gasteiger partial charge on any atom is 0.0215 e. The highest BCUT2D eigenvalue weighted by Crippen LogP contribution is 2.61. The molecule has 2 bridgehead atoms. The summed E-state index contributed by atoms with van der Waals surface area (Å²) < 4.78 is 0. The molecule has 2 rings (SSSR count). The number of fused-ring (bicyclic) bond motifs is 2. The minimum Gasteiger partial charge on any atom is -0.311 e. The van der Waals surface area contributed by atoms with E-state index in [0.717, 1.165) is 18.4 Å². The first-order chi connectivity index (χ1) is 6.03. The maximum absolute atomic E-state index is 3.75. The Kier molecular flexibility index (Phi) is 1.99. The van der Waals surface area contributed by atoms with Gasteiger partial charge in [-0.1, -0.05) is 27.7 Å². The summed E-state index contributed by atoms with van der Waals surface area (Å²) in [5, 5.41) is 3.75. The normalized spacial score (nSPS) is 47.1. The maximum atomic E-state index is 3.75. The summed E-state index contributed by atoms with van der Waals surface area (Å²) in [6, 6.07) is 0. The van der Waals surface area contributed by atoms with Gasteiger partial charge < -0.3 is 5.32 Å². The van der Waals surface area contributed by atoms with Crippen LogP contribution >= 0.6 is 0 Å². The molecule has 3 atom stereocenters. The van der Waals surface area contributed by atoms with Gasteiger partial charge >= 0.3 is 0 Å². The van der Waals surface area contributed by atoms with Gasteiger partial charge in [-0.25, -0.2) is 0 Å². The molecule has 0 saturated heterocycles. The van der Waals surface area contributed by atoms with Crippen LogP contribution in [0.3, 0.4) is 0 Å². The van der Waals surface area contributed by atoms with Gasteiger partial charge in [-0.15, -0.1) is 0 Å². The fourth-order valence-electron chi connectivity index (χ4n) is 3.84. The van der Waals surface area contributed by atoms with Crippen LogP contribution in [-0.4, -0.2) is 12.1 Å². The third-order valence-electron chi connectivity index (χ3n) is 5.08. The highest BCUT2D eigenvalue weighted by molar-refractivity contribution is 5.13. The molecule has 2 aliphatic rings. The zero-order valence-electron chi connectivity index (χ0n) is 9.48. The molecule has 2 aliphatic carbocycles. The standard InChI is InChI=1S/C12H23N/c1-5-13-12-7-6-10(8-12)11(3,4)9(12)2/h9-10,13H,5-8H2,1-4H3/t9?,10-,12-/m1/s1. The number of rotatable bonds is 2. The molecule has 2 saturated carbocycles. The fourth-order valence-corrected chi connectivity index (χ4v) is 3.84. The van der Waals surface area contributed by atoms with Crippen LogP contribution in [0, 0.1) is 17.3 Å². The largest absolute Gasteiger partial charge is 0.311 e. The van der Waals surface area contributed by atoms with E-state index >= 15 is 0 Å². The molecule has 1 heteroatoms. The minimum atomic E-state index is 0.503. The summed E-state index contributed by atoms with van der Waals surface area (Å²) >= 11 is 0. The van der Waals surface area contributed by atoms with E-state index in [9.17, 15) is 0 Å². The highest BCUT2D eigenvalue weighted by atomic mass is 15.0. The average Bonchev–Trinajstić information content (AvgIpc) is 2.55. The van der Waals surface area contributed by atoms with Gasteiger partial charge in [0.1, 0.15) is 0 Å². The van der Waals surface area contributed by atoms with Crippen LogP contribution in [0.15, 0.2) is 0 Å². The Labute approximate surface area is 82.3 Å². The molecule has 0 aromatic rings. The van der Waals surface area contributed by atoms with E-state index in [1.807, 2.05) is 0 Å². The molecule has 0 amide bonds. The summed E-state index contributed by atoms with van der Waals surface area (Å²) in [4.78, 5) is 0. The van der Waals surface area contributed by atoms with Crippen LogP contribution in [0.25, 0.3) is 0 Å². The lowest BCUT2D eigenvalue weighted by molar-refractivity contribution is 0.105. The second-order valence-corrected chi connectivity index (χ2v) is 5.67. The van der Waals surface area contributed by atoms with Gasteiger partial charge in [0.2, 0.25) is 0 Å². The monoisotopic (exact) mass is 181 g/mol. The van der Waals surface area contributed by atoms with Crippen molar-refractivity contribution in [3.8, 4) is 0 Å². The molecule has 13 heavy (non-hydrogen) atoms. The third-order valence-corrected chi connectivity index (χ3v) is 5.08. The van der Waals surface area contributed by atoms with Crippen molar-refractivity contribution in [1.82, 2.24) is 5.32 Å². The third kappa shape index (κ3) is 1.09. The summed E-state index contributed by atoms with van der Waals surface area (Å²) in [7, 11) is 0. The van der Waals surface area contributed by atoms with Crippen LogP contribution in [0.5, 0.6) is 0 Å². The Morgan fingerprint density at radius 1 is 1.38 bits per heavy atom. The van der Waals surface area contributed by atoms with E-state index in [-0.39, 0.29) is 0 Å². The Hall–Kier alpha value is -0.0400. The van der Waals surface area contributed by atoms with Crippen molar-refractivity contribution < 1.29 is 0 Å². The number of hydrogen-bond donors (Lipinski definition) is 1. The molecule has 2 fully saturated rings. The fraction of sp³-hybridized carbons (Fsp3) is 1.00. The molecule has 0 aliphatic heterocycles. The molecule has 0 spiro atoms. The van der Waals surface area contributed by atoms with Gasteiger partial charge in [0.25, 0.3) is 0 Å². The van der Waals surface area contributed by atoms with Crippen molar-refractivity contribution in [1.29, 1.82) is 0 Å². The Bertz CT molecular complexity index is 209. The topological polar surface area (TPSA) is 12.0 Å². The molecule has 76 valence electrons. The Morgan fingerprint density at radius 3 is 2.54 bits per heavy atom. The predicted octanol–water partition coefficient (Wildman–Crippen LogP) is 2.81. The molecular formula is C12H23N.